The Morgan fingerprint density at radius 2 is 1.78 bits per heavy atom. The molecular formula is C15H28O2Si. The number of ketones is 1. The molecule has 0 aliphatic rings. The van der Waals surface area contributed by atoms with E-state index in [-0.39, 0.29) is 10.8 Å². The van der Waals surface area contributed by atoms with E-state index in [4.69, 9.17) is 4.43 Å². The highest BCUT2D eigenvalue weighted by Gasteiger charge is 2.37. The highest BCUT2D eigenvalue weighted by Crippen LogP contribution is 2.36. The van der Waals surface area contributed by atoms with Gasteiger partial charge in [-0.1, -0.05) is 32.9 Å². The summed E-state index contributed by atoms with van der Waals surface area (Å²) in [6, 6.07) is 0. The summed E-state index contributed by atoms with van der Waals surface area (Å²) < 4.78 is 5.91. The van der Waals surface area contributed by atoms with Gasteiger partial charge in [-0.25, -0.2) is 0 Å². The van der Waals surface area contributed by atoms with Crippen molar-refractivity contribution in [2.45, 2.75) is 65.1 Å². The maximum absolute atomic E-state index is 10.7. The molecule has 0 aliphatic heterocycles. The van der Waals surface area contributed by atoms with E-state index in [0.29, 0.717) is 6.42 Å². The molecule has 3 heteroatoms. The third-order valence-electron chi connectivity index (χ3n) is 3.37. The zero-order valence-electron chi connectivity index (χ0n) is 12.7. The van der Waals surface area contributed by atoms with Crippen LogP contribution in [0.1, 0.15) is 47.0 Å². The molecule has 0 aliphatic carbocycles. The molecule has 0 fully saturated rings. The van der Waals surface area contributed by atoms with E-state index in [1.54, 1.807) is 6.92 Å². The second kappa shape index (κ2) is 7.57. The Morgan fingerprint density at radius 3 is 2.28 bits per heavy atom. The second-order valence-electron chi connectivity index (χ2n) is 6.20. The van der Waals surface area contributed by atoms with Gasteiger partial charge in [-0.3, -0.25) is 0 Å². The lowest BCUT2D eigenvalue weighted by Gasteiger charge is -2.34. The summed E-state index contributed by atoms with van der Waals surface area (Å²) in [4.78, 5) is 10.7. The summed E-state index contributed by atoms with van der Waals surface area (Å²) >= 11 is 0. The van der Waals surface area contributed by atoms with Gasteiger partial charge in [0.25, 0.3) is 0 Å². The van der Waals surface area contributed by atoms with E-state index in [2.05, 4.69) is 46.0 Å². The predicted octanol–water partition coefficient (Wildman–Crippen LogP) is 4.84. The fourth-order valence-corrected chi connectivity index (χ4v) is 1.82. The van der Waals surface area contributed by atoms with Crippen molar-refractivity contribution >= 4 is 14.1 Å². The first-order chi connectivity index (χ1) is 8.17. The molecule has 0 atom stereocenters. The molecule has 2 nitrogen and oxygen atoms in total. The first kappa shape index (κ1) is 17.2. The molecule has 0 spiro atoms. The first-order valence-electron chi connectivity index (χ1n) is 6.64. The number of Topliss-reactive ketones (excluding diaryl/α,β-unsaturated/α-hetero) is 1. The largest absolute Gasteiger partial charge is 0.549 e. The quantitative estimate of drug-likeness (QED) is 0.375. The van der Waals surface area contributed by atoms with E-state index in [0.717, 1.165) is 12.8 Å². The van der Waals surface area contributed by atoms with Crippen molar-refractivity contribution in [2.24, 2.45) is 0 Å². The summed E-state index contributed by atoms with van der Waals surface area (Å²) in [5.41, 5.74) is 0. The molecule has 0 aromatic rings. The van der Waals surface area contributed by atoms with Gasteiger partial charge in [-0.2, -0.15) is 0 Å². The van der Waals surface area contributed by atoms with Crippen LogP contribution >= 0.6 is 0 Å². The lowest BCUT2D eigenvalue weighted by Crippen LogP contribution is -2.39. The molecule has 0 radical (unpaired) electrons. The number of carbonyl (C=O) groups is 1. The summed E-state index contributed by atoms with van der Waals surface area (Å²) in [5.74, 6) is 0.247. The van der Waals surface area contributed by atoms with Crippen LogP contribution in [0.3, 0.4) is 0 Å². The highest BCUT2D eigenvalue weighted by molar-refractivity contribution is 6.74. The van der Waals surface area contributed by atoms with Crippen LogP contribution in [-0.2, 0) is 9.22 Å². The highest BCUT2D eigenvalue weighted by atomic mass is 28.4. The second-order valence-corrected chi connectivity index (χ2v) is 11.0. The average molecular weight is 268 g/mol. The molecule has 0 unspecified atom stereocenters. The summed E-state index contributed by atoms with van der Waals surface area (Å²) in [5, 5.41) is 0.245. The molecule has 0 aromatic carbocycles. The van der Waals surface area contributed by atoms with Crippen LogP contribution in [0.5, 0.6) is 0 Å². The van der Waals surface area contributed by atoms with Crippen LogP contribution < -0.4 is 0 Å². The topological polar surface area (TPSA) is 26.3 Å². The zero-order chi connectivity index (χ0) is 14.2. The van der Waals surface area contributed by atoms with Crippen molar-refractivity contribution < 1.29 is 9.22 Å². The van der Waals surface area contributed by atoms with Gasteiger partial charge in [-0.15, -0.1) is 0 Å². The average Bonchev–Trinajstić information content (AvgIpc) is 2.19. The van der Waals surface area contributed by atoms with Crippen molar-refractivity contribution in [3.05, 3.63) is 24.5 Å². The Labute approximate surface area is 113 Å². The van der Waals surface area contributed by atoms with Gasteiger partial charge in [-0.05, 0) is 44.0 Å². The zero-order valence-corrected chi connectivity index (χ0v) is 13.7. The molecule has 0 aromatic heterocycles. The minimum atomic E-state index is -1.65. The van der Waals surface area contributed by atoms with Crippen molar-refractivity contribution in [3.63, 3.8) is 0 Å². The van der Waals surface area contributed by atoms with E-state index in [9.17, 15) is 4.79 Å². The molecular weight excluding hydrogens is 240 g/mol. The van der Waals surface area contributed by atoms with Crippen LogP contribution in [0.2, 0.25) is 18.1 Å². The third-order valence-corrected chi connectivity index (χ3v) is 7.70. The van der Waals surface area contributed by atoms with Crippen molar-refractivity contribution in [2.75, 3.05) is 0 Å². The van der Waals surface area contributed by atoms with Gasteiger partial charge < -0.3 is 9.22 Å². The van der Waals surface area contributed by atoms with Crippen LogP contribution in [-0.4, -0.2) is 14.1 Å². The Bertz CT molecular complexity index is 309. The predicted molar refractivity (Wildman–Crippen MR) is 81.1 cm³/mol. The number of rotatable bonds is 7. The van der Waals surface area contributed by atoms with Crippen molar-refractivity contribution in [1.29, 1.82) is 0 Å². The number of hydrogen-bond acceptors (Lipinski definition) is 2. The minimum absolute atomic E-state index is 0.245. The van der Waals surface area contributed by atoms with E-state index in [1.807, 2.05) is 12.3 Å². The van der Waals surface area contributed by atoms with Gasteiger partial charge in [0, 0.05) is 6.42 Å². The normalized spacial score (nSPS) is 13.4. The van der Waals surface area contributed by atoms with Crippen LogP contribution in [0.4, 0.5) is 0 Å². The Morgan fingerprint density at radius 1 is 1.17 bits per heavy atom. The Hall–Kier alpha value is -0.833. The molecule has 18 heavy (non-hydrogen) atoms. The van der Waals surface area contributed by atoms with Gasteiger partial charge in [0.15, 0.2) is 0 Å². The summed E-state index contributed by atoms with van der Waals surface area (Å²) in [7, 11) is -1.65. The fourth-order valence-electron chi connectivity index (χ4n) is 1.03. The summed E-state index contributed by atoms with van der Waals surface area (Å²) in [6.07, 6.45) is 10.4. The molecule has 0 heterocycles. The fraction of sp³-hybridized carbons (Fsp3) is 0.667. The lowest BCUT2D eigenvalue weighted by molar-refractivity contribution is -0.116. The first-order valence-corrected chi connectivity index (χ1v) is 9.55. The molecule has 0 saturated heterocycles. The van der Waals surface area contributed by atoms with Crippen molar-refractivity contribution in [1.82, 2.24) is 0 Å². The molecule has 104 valence electrons. The van der Waals surface area contributed by atoms with E-state index in [1.165, 1.54) is 0 Å². The van der Waals surface area contributed by atoms with Gasteiger partial charge in [0.1, 0.15) is 5.78 Å². The van der Waals surface area contributed by atoms with Gasteiger partial charge >= 0.3 is 0 Å². The molecule has 0 rings (SSSR count). The van der Waals surface area contributed by atoms with Crippen molar-refractivity contribution in [3.8, 4) is 0 Å². The van der Waals surface area contributed by atoms with E-state index >= 15 is 0 Å². The lowest BCUT2D eigenvalue weighted by atomic mass is 10.2. The smallest absolute Gasteiger partial charge is 0.249 e. The number of hydrogen-bond donors (Lipinski definition) is 0. The number of allylic oxidation sites excluding steroid dienone is 3. The maximum atomic E-state index is 10.7. The van der Waals surface area contributed by atoms with Crippen LogP contribution in [0.25, 0.3) is 0 Å². The molecule has 0 bridgehead atoms. The molecule has 0 N–H and O–H groups in total. The monoisotopic (exact) mass is 268 g/mol. The standard InChI is InChI=1S/C15H28O2Si/c1-14(16)12-10-8-7-9-11-13-17-18(5,6)15(2,3)4/h7-8,11,13H,9-10,12H2,1-6H3/b8-7+,13-11+. The minimum Gasteiger partial charge on any atom is -0.549 e. The maximum Gasteiger partial charge on any atom is 0.249 e. The van der Waals surface area contributed by atoms with Crippen LogP contribution in [0.15, 0.2) is 24.5 Å². The SMILES string of the molecule is CC(=O)CC/C=C/C/C=C/O[Si](C)(C)C(C)(C)C. The molecule has 0 saturated carbocycles. The van der Waals surface area contributed by atoms with Crippen LogP contribution in [0, 0.1) is 0 Å². The summed E-state index contributed by atoms with van der Waals surface area (Å²) in [6.45, 7) is 12.8. The Kier molecular flexibility index (Phi) is 7.22. The van der Waals surface area contributed by atoms with Gasteiger partial charge in [0.2, 0.25) is 8.32 Å². The Balaban J connectivity index is 3.88. The van der Waals surface area contributed by atoms with E-state index < -0.39 is 8.32 Å². The molecule has 0 amide bonds. The van der Waals surface area contributed by atoms with Gasteiger partial charge in [0.05, 0.1) is 6.26 Å². The number of carbonyl (C=O) groups excluding carboxylic acids is 1. The third kappa shape index (κ3) is 7.48.